The predicted octanol–water partition coefficient (Wildman–Crippen LogP) is 1.12. The van der Waals surface area contributed by atoms with E-state index < -0.39 is 28.0 Å². The summed E-state index contributed by atoms with van der Waals surface area (Å²) in [6.45, 7) is 6.70. The first-order valence-electron chi connectivity index (χ1n) is 6.03. The number of carbonyl (C=O) groups is 1. The lowest BCUT2D eigenvalue weighted by molar-refractivity contribution is 0.0530. The quantitative estimate of drug-likeness (QED) is 0.773. The number of nitrogens with one attached hydrogen (secondary N) is 1. The van der Waals surface area contributed by atoms with Crippen molar-refractivity contribution in [1.82, 2.24) is 15.4 Å². The third-order valence-corrected chi connectivity index (χ3v) is 1.90. The van der Waals surface area contributed by atoms with Crippen LogP contribution in [-0.2, 0) is 15.2 Å². The van der Waals surface area contributed by atoms with Crippen LogP contribution in [0.5, 0.6) is 0 Å². The van der Waals surface area contributed by atoms with Gasteiger partial charge in [-0.05, 0) is 32.2 Å². The Bertz CT molecular complexity index is 602. The van der Waals surface area contributed by atoms with Crippen molar-refractivity contribution >= 4 is 16.6 Å². The van der Waals surface area contributed by atoms with E-state index in [2.05, 4.69) is 19.2 Å². The molecule has 0 aliphatic rings. The normalized spacial score (nSPS) is 11.5. The minimum atomic E-state index is -2.65. The van der Waals surface area contributed by atoms with E-state index in [1.807, 2.05) is 0 Å². The van der Waals surface area contributed by atoms with Gasteiger partial charge < -0.3 is 10.5 Å². The average molecular weight is 335 g/mol. The first kappa shape index (κ1) is 19.9. The molecular weight excluding hydrogens is 317 g/mol. The van der Waals surface area contributed by atoms with Crippen molar-refractivity contribution in [3.05, 3.63) is 24.0 Å². The second-order valence-electron chi connectivity index (χ2n) is 4.97. The van der Waals surface area contributed by atoms with Gasteiger partial charge in [0.2, 0.25) is 0 Å². The molecule has 11 heteroatoms. The molecule has 0 spiro atoms. The zero-order valence-electron chi connectivity index (χ0n) is 12.6. The molecule has 0 aliphatic carbocycles. The van der Waals surface area contributed by atoms with Crippen LogP contribution in [0, 0.1) is 5.82 Å². The zero-order chi connectivity index (χ0) is 17.3. The van der Waals surface area contributed by atoms with Gasteiger partial charge in [0.05, 0.1) is 18.4 Å². The number of nitrogens with two attached hydrogens (primary N) is 1. The van der Waals surface area contributed by atoms with Crippen LogP contribution in [0.25, 0.3) is 0 Å². The Morgan fingerprint density at radius 3 is 2.27 bits per heavy atom. The Morgan fingerprint density at radius 1 is 1.41 bits per heavy atom. The fraction of sp³-hybridized carbons (Fsp3) is 0.545. The highest BCUT2D eigenvalue weighted by atomic mass is 32.2. The molecule has 0 bridgehead atoms. The number of carbonyl (C=O) groups excluding carboxylic acids is 1. The SMILES string of the molecule is CC(C)(C)OC(=O)NN=S(=O)=O.C[C@H](N)c1ncc(F)cn1. The van der Waals surface area contributed by atoms with E-state index in [4.69, 9.17) is 5.73 Å². The summed E-state index contributed by atoms with van der Waals surface area (Å²) in [5.41, 5.74) is 6.44. The van der Waals surface area contributed by atoms with E-state index in [9.17, 15) is 17.6 Å². The number of amides is 1. The first-order valence-corrected chi connectivity index (χ1v) is 7.06. The minimum absolute atomic E-state index is 0.236. The largest absolute Gasteiger partial charge is 0.443 e. The highest BCUT2D eigenvalue weighted by Gasteiger charge is 2.15. The molecule has 0 unspecified atom stereocenters. The molecule has 124 valence electrons. The second kappa shape index (κ2) is 9.00. The Balaban J connectivity index is 0.000000406. The lowest BCUT2D eigenvalue weighted by Gasteiger charge is -2.17. The van der Waals surface area contributed by atoms with Gasteiger partial charge in [-0.3, -0.25) is 0 Å². The summed E-state index contributed by atoms with van der Waals surface area (Å²) in [6.07, 6.45) is 1.31. The molecule has 0 saturated heterocycles. The maximum atomic E-state index is 12.2. The highest BCUT2D eigenvalue weighted by molar-refractivity contribution is 7.61. The van der Waals surface area contributed by atoms with Crippen molar-refractivity contribution in [2.75, 3.05) is 0 Å². The molecule has 0 fully saturated rings. The molecule has 1 amide bonds. The Hall–Kier alpha value is -2.14. The molecule has 1 aromatic heterocycles. The summed E-state index contributed by atoms with van der Waals surface area (Å²) in [4.78, 5) is 18.0. The van der Waals surface area contributed by atoms with Gasteiger partial charge in [0.1, 0.15) is 11.4 Å². The van der Waals surface area contributed by atoms with Crippen molar-refractivity contribution in [3.8, 4) is 0 Å². The topological polar surface area (TPSA) is 137 Å². The molecule has 0 aliphatic heterocycles. The first-order chi connectivity index (χ1) is 10.0. The number of rotatable bonds is 2. The van der Waals surface area contributed by atoms with Gasteiger partial charge in [0.25, 0.3) is 0 Å². The van der Waals surface area contributed by atoms with Gasteiger partial charge >= 0.3 is 16.6 Å². The Kier molecular flexibility index (Phi) is 8.12. The van der Waals surface area contributed by atoms with E-state index in [0.717, 1.165) is 12.4 Å². The van der Waals surface area contributed by atoms with E-state index >= 15 is 0 Å². The fourth-order valence-electron chi connectivity index (χ4n) is 0.933. The van der Waals surface area contributed by atoms with Crippen molar-refractivity contribution in [3.63, 3.8) is 0 Å². The monoisotopic (exact) mass is 335 g/mol. The number of halogens is 1. The average Bonchev–Trinajstić information content (AvgIpc) is 2.35. The summed E-state index contributed by atoms with van der Waals surface area (Å²) in [7, 11) is -2.65. The molecule has 9 nitrogen and oxygen atoms in total. The van der Waals surface area contributed by atoms with Crippen molar-refractivity contribution in [2.24, 2.45) is 10.2 Å². The smallest absolute Gasteiger partial charge is 0.429 e. The minimum Gasteiger partial charge on any atom is -0.443 e. The molecular formula is C11H18FN5O4S. The van der Waals surface area contributed by atoms with Gasteiger partial charge in [-0.1, -0.05) is 0 Å². The molecule has 1 rings (SSSR count). The maximum Gasteiger partial charge on any atom is 0.429 e. The van der Waals surface area contributed by atoms with Gasteiger partial charge in [0.15, 0.2) is 5.82 Å². The van der Waals surface area contributed by atoms with Crippen molar-refractivity contribution in [1.29, 1.82) is 0 Å². The number of ether oxygens (including phenoxy) is 1. The number of hydrogen-bond donors (Lipinski definition) is 2. The molecule has 0 aromatic carbocycles. The molecule has 22 heavy (non-hydrogen) atoms. The summed E-state index contributed by atoms with van der Waals surface area (Å²) in [5.74, 6) is 0.0193. The number of nitrogens with zero attached hydrogens (tertiary/aromatic N) is 3. The highest BCUT2D eigenvalue weighted by Crippen LogP contribution is 2.06. The van der Waals surface area contributed by atoms with Gasteiger partial charge in [-0.25, -0.2) is 19.2 Å². The van der Waals surface area contributed by atoms with Gasteiger partial charge in [-0.15, -0.1) is 0 Å². The Labute approximate surface area is 128 Å². The van der Waals surface area contributed by atoms with Crippen LogP contribution in [0.4, 0.5) is 9.18 Å². The van der Waals surface area contributed by atoms with Gasteiger partial charge in [-0.2, -0.15) is 13.8 Å². The Morgan fingerprint density at radius 2 is 1.91 bits per heavy atom. The number of hydrogen-bond acceptors (Lipinski definition) is 8. The summed E-state index contributed by atoms with van der Waals surface area (Å²) >= 11 is 0. The van der Waals surface area contributed by atoms with Gasteiger partial charge in [0, 0.05) is 0 Å². The van der Waals surface area contributed by atoms with Crippen LogP contribution < -0.4 is 11.2 Å². The van der Waals surface area contributed by atoms with E-state index in [-0.39, 0.29) is 6.04 Å². The van der Waals surface area contributed by atoms with E-state index in [0.29, 0.717) is 5.82 Å². The molecule has 3 N–H and O–H groups in total. The standard InChI is InChI=1S/C6H8FN3.C5H10N2O4S/c1-4(8)6-9-2-5(7)3-10-6;1-5(2,3)11-4(8)6-7-12(9)10/h2-4H,8H2,1H3;1-3H3,(H,6,8)/t4-;/m0./s1. The van der Waals surface area contributed by atoms with E-state index in [1.54, 1.807) is 33.1 Å². The van der Waals surface area contributed by atoms with Crippen LogP contribution in [0.3, 0.4) is 0 Å². The zero-order valence-corrected chi connectivity index (χ0v) is 13.4. The lowest BCUT2D eigenvalue weighted by Crippen LogP contribution is -2.29. The molecule has 1 aromatic rings. The summed E-state index contributed by atoms with van der Waals surface area (Å²) in [6, 6.07) is -0.236. The molecule has 1 heterocycles. The molecule has 0 saturated carbocycles. The van der Waals surface area contributed by atoms with Crippen LogP contribution in [0.2, 0.25) is 0 Å². The van der Waals surface area contributed by atoms with Crippen LogP contribution in [0.1, 0.15) is 39.6 Å². The molecule has 1 atom stereocenters. The number of aromatic nitrogens is 2. The summed E-state index contributed by atoms with van der Waals surface area (Å²) < 4.78 is 39.2. The second-order valence-corrected chi connectivity index (χ2v) is 5.59. The van der Waals surface area contributed by atoms with E-state index in [1.165, 1.54) is 0 Å². The lowest BCUT2D eigenvalue weighted by atomic mass is 10.2. The van der Waals surface area contributed by atoms with Crippen molar-refractivity contribution in [2.45, 2.75) is 39.3 Å². The molecule has 0 radical (unpaired) electrons. The predicted molar refractivity (Wildman–Crippen MR) is 75.3 cm³/mol. The third kappa shape index (κ3) is 10.6. The van der Waals surface area contributed by atoms with Crippen molar-refractivity contribution < 1.29 is 22.3 Å². The maximum absolute atomic E-state index is 12.2. The fourth-order valence-corrected chi connectivity index (χ4v) is 1.08. The third-order valence-electron chi connectivity index (χ3n) is 1.66. The van der Waals surface area contributed by atoms with Crippen LogP contribution >= 0.6 is 0 Å². The summed E-state index contributed by atoms with van der Waals surface area (Å²) in [5, 5.41) is 0. The van der Waals surface area contributed by atoms with Crippen LogP contribution in [-0.4, -0.2) is 30.1 Å². The van der Waals surface area contributed by atoms with Crippen LogP contribution in [0.15, 0.2) is 16.9 Å².